The van der Waals surface area contributed by atoms with Crippen molar-refractivity contribution in [1.29, 1.82) is 0 Å². The van der Waals surface area contributed by atoms with Crippen LogP contribution < -0.4 is 19.5 Å². The molecular formula is C22H28N2O4. The van der Waals surface area contributed by atoms with Gasteiger partial charge in [-0.3, -0.25) is 4.79 Å². The molecule has 1 aliphatic rings. The lowest BCUT2D eigenvalue weighted by Gasteiger charge is -2.28. The minimum Gasteiger partial charge on any atom is -0.494 e. The maximum absolute atomic E-state index is 12.4. The molecule has 6 nitrogen and oxygen atoms in total. The summed E-state index contributed by atoms with van der Waals surface area (Å²) in [6.07, 6.45) is 0.387. The first-order valence-corrected chi connectivity index (χ1v) is 9.42. The number of nitrogens with zero attached hydrogens (tertiary/aromatic N) is 1. The second-order valence-corrected chi connectivity index (χ2v) is 7.14. The molecule has 6 heteroatoms. The van der Waals surface area contributed by atoms with Crippen LogP contribution in [-0.2, 0) is 11.3 Å². The largest absolute Gasteiger partial charge is 0.494 e. The molecule has 1 amide bonds. The molecule has 1 unspecified atom stereocenters. The molecule has 1 atom stereocenters. The lowest BCUT2D eigenvalue weighted by atomic mass is 9.84. The minimum absolute atomic E-state index is 0.00670. The number of hydrogen-bond donors (Lipinski definition) is 1. The van der Waals surface area contributed by atoms with Crippen LogP contribution in [0.3, 0.4) is 0 Å². The van der Waals surface area contributed by atoms with Crippen LogP contribution in [0.5, 0.6) is 17.2 Å². The van der Waals surface area contributed by atoms with Crippen molar-refractivity contribution >= 4 is 11.6 Å². The summed E-state index contributed by atoms with van der Waals surface area (Å²) in [5.74, 6) is 2.07. The standard InChI is InChI=1S/C22H28N2O4/c1-6-28-19-8-7-14(9-15(19)13-24(2)3)16-11-22(25)23-18-12-21(27-5)20(26-4)10-17(16)18/h7-10,12,16H,6,11,13H2,1-5H3,(H,23,25). The number of ether oxygens (including phenoxy) is 3. The molecule has 0 spiro atoms. The van der Waals surface area contributed by atoms with E-state index in [1.807, 2.05) is 45.3 Å². The molecule has 0 aromatic heterocycles. The van der Waals surface area contributed by atoms with Gasteiger partial charge in [0.1, 0.15) is 5.75 Å². The number of amides is 1. The third-order valence-corrected chi connectivity index (χ3v) is 4.87. The van der Waals surface area contributed by atoms with E-state index < -0.39 is 0 Å². The Morgan fingerprint density at radius 1 is 1.07 bits per heavy atom. The number of carbonyl (C=O) groups is 1. The first-order chi connectivity index (χ1) is 13.5. The molecule has 0 radical (unpaired) electrons. The van der Waals surface area contributed by atoms with Crippen LogP contribution in [0.2, 0.25) is 0 Å². The van der Waals surface area contributed by atoms with E-state index in [4.69, 9.17) is 14.2 Å². The van der Waals surface area contributed by atoms with Crippen LogP contribution in [0.1, 0.15) is 36.0 Å². The zero-order chi connectivity index (χ0) is 20.3. The Kier molecular flexibility index (Phi) is 6.09. The van der Waals surface area contributed by atoms with Crippen molar-refractivity contribution < 1.29 is 19.0 Å². The van der Waals surface area contributed by atoms with Crippen LogP contribution in [0.25, 0.3) is 0 Å². The van der Waals surface area contributed by atoms with Crippen molar-refractivity contribution in [2.75, 3.05) is 40.2 Å². The number of carbonyl (C=O) groups excluding carboxylic acids is 1. The highest BCUT2D eigenvalue weighted by molar-refractivity contribution is 5.96. The summed E-state index contributed by atoms with van der Waals surface area (Å²) in [5, 5.41) is 2.96. The summed E-state index contributed by atoms with van der Waals surface area (Å²) >= 11 is 0. The first-order valence-electron chi connectivity index (χ1n) is 9.42. The second-order valence-electron chi connectivity index (χ2n) is 7.14. The summed E-state index contributed by atoms with van der Waals surface area (Å²) < 4.78 is 16.7. The predicted molar refractivity (Wildman–Crippen MR) is 110 cm³/mol. The summed E-state index contributed by atoms with van der Waals surface area (Å²) in [6, 6.07) is 9.99. The average molecular weight is 384 g/mol. The Hall–Kier alpha value is -2.73. The molecule has 28 heavy (non-hydrogen) atoms. The fourth-order valence-corrected chi connectivity index (χ4v) is 3.66. The third kappa shape index (κ3) is 4.07. The van der Waals surface area contributed by atoms with E-state index in [0.717, 1.165) is 34.7 Å². The summed E-state index contributed by atoms with van der Waals surface area (Å²) in [7, 11) is 7.27. The summed E-state index contributed by atoms with van der Waals surface area (Å²) in [6.45, 7) is 3.36. The van der Waals surface area contributed by atoms with Gasteiger partial charge in [0.15, 0.2) is 11.5 Å². The average Bonchev–Trinajstić information content (AvgIpc) is 2.67. The molecular weight excluding hydrogens is 356 g/mol. The Labute approximate surface area is 166 Å². The SMILES string of the molecule is CCOc1ccc(C2CC(=O)Nc3cc(OC)c(OC)cc32)cc1CN(C)C. The van der Waals surface area contributed by atoms with Gasteiger partial charge in [0.05, 0.1) is 20.8 Å². The number of anilines is 1. The van der Waals surface area contributed by atoms with E-state index in [0.29, 0.717) is 24.5 Å². The van der Waals surface area contributed by atoms with Gasteiger partial charge in [-0.1, -0.05) is 12.1 Å². The summed E-state index contributed by atoms with van der Waals surface area (Å²) in [5.41, 5.74) is 3.99. The molecule has 1 heterocycles. The molecule has 3 rings (SSSR count). The van der Waals surface area contributed by atoms with E-state index in [1.165, 1.54) is 0 Å². The highest BCUT2D eigenvalue weighted by Crippen LogP contribution is 2.43. The number of methoxy groups -OCH3 is 2. The van der Waals surface area contributed by atoms with Gasteiger partial charge in [-0.05, 0) is 44.3 Å². The van der Waals surface area contributed by atoms with Gasteiger partial charge >= 0.3 is 0 Å². The van der Waals surface area contributed by atoms with E-state index in [-0.39, 0.29) is 11.8 Å². The topological polar surface area (TPSA) is 60.0 Å². The minimum atomic E-state index is -0.0554. The Bertz CT molecular complexity index is 864. The Morgan fingerprint density at radius 3 is 2.43 bits per heavy atom. The van der Waals surface area contributed by atoms with Crippen molar-refractivity contribution in [1.82, 2.24) is 4.90 Å². The molecule has 0 saturated heterocycles. The van der Waals surface area contributed by atoms with E-state index in [9.17, 15) is 4.79 Å². The number of fused-ring (bicyclic) bond motifs is 1. The van der Waals surface area contributed by atoms with Crippen molar-refractivity contribution in [3.8, 4) is 17.2 Å². The predicted octanol–water partition coefficient (Wildman–Crippen LogP) is 3.64. The number of benzene rings is 2. The molecule has 150 valence electrons. The number of nitrogens with one attached hydrogen (secondary N) is 1. The third-order valence-electron chi connectivity index (χ3n) is 4.87. The fourth-order valence-electron chi connectivity index (χ4n) is 3.66. The fraction of sp³-hybridized carbons (Fsp3) is 0.409. The Balaban J connectivity index is 2.08. The maximum Gasteiger partial charge on any atom is 0.225 e. The van der Waals surface area contributed by atoms with Gasteiger partial charge in [0, 0.05) is 36.2 Å². The Morgan fingerprint density at radius 2 is 1.79 bits per heavy atom. The number of hydrogen-bond acceptors (Lipinski definition) is 5. The molecule has 0 saturated carbocycles. The zero-order valence-corrected chi connectivity index (χ0v) is 17.2. The van der Waals surface area contributed by atoms with Crippen LogP contribution in [0.15, 0.2) is 30.3 Å². The van der Waals surface area contributed by atoms with Crippen molar-refractivity contribution in [2.45, 2.75) is 25.8 Å². The molecule has 0 bridgehead atoms. The van der Waals surface area contributed by atoms with Gasteiger partial charge in [-0.25, -0.2) is 0 Å². The van der Waals surface area contributed by atoms with E-state index >= 15 is 0 Å². The van der Waals surface area contributed by atoms with Crippen molar-refractivity contribution in [2.24, 2.45) is 0 Å². The summed E-state index contributed by atoms with van der Waals surface area (Å²) in [4.78, 5) is 14.5. The van der Waals surface area contributed by atoms with E-state index in [1.54, 1.807) is 14.2 Å². The monoisotopic (exact) mass is 384 g/mol. The second kappa shape index (κ2) is 8.52. The molecule has 2 aromatic carbocycles. The van der Waals surface area contributed by atoms with Gasteiger partial charge < -0.3 is 24.4 Å². The molecule has 2 aromatic rings. The van der Waals surface area contributed by atoms with Crippen LogP contribution in [-0.4, -0.2) is 45.7 Å². The lowest BCUT2D eigenvalue weighted by molar-refractivity contribution is -0.116. The van der Waals surface area contributed by atoms with E-state index in [2.05, 4.69) is 16.3 Å². The highest BCUT2D eigenvalue weighted by Gasteiger charge is 2.29. The van der Waals surface area contributed by atoms with Crippen LogP contribution in [0, 0.1) is 0 Å². The quantitative estimate of drug-likeness (QED) is 0.790. The molecule has 0 fully saturated rings. The van der Waals surface area contributed by atoms with Crippen LogP contribution >= 0.6 is 0 Å². The zero-order valence-electron chi connectivity index (χ0n) is 17.2. The van der Waals surface area contributed by atoms with Crippen molar-refractivity contribution in [3.05, 3.63) is 47.0 Å². The van der Waals surface area contributed by atoms with Gasteiger partial charge in [0.2, 0.25) is 5.91 Å². The molecule has 0 aliphatic carbocycles. The molecule has 1 N–H and O–H groups in total. The molecule has 1 aliphatic heterocycles. The first kappa shape index (κ1) is 20.0. The van der Waals surface area contributed by atoms with Gasteiger partial charge in [-0.2, -0.15) is 0 Å². The van der Waals surface area contributed by atoms with Crippen molar-refractivity contribution in [3.63, 3.8) is 0 Å². The lowest BCUT2D eigenvalue weighted by Crippen LogP contribution is -2.24. The van der Waals surface area contributed by atoms with Gasteiger partial charge in [-0.15, -0.1) is 0 Å². The van der Waals surface area contributed by atoms with Crippen LogP contribution in [0.4, 0.5) is 5.69 Å². The smallest absolute Gasteiger partial charge is 0.225 e. The number of rotatable bonds is 7. The van der Waals surface area contributed by atoms with Gasteiger partial charge in [0.25, 0.3) is 0 Å². The normalized spacial score (nSPS) is 15.8. The highest BCUT2D eigenvalue weighted by atomic mass is 16.5. The maximum atomic E-state index is 12.4.